The van der Waals surface area contributed by atoms with E-state index in [1.54, 1.807) is 28.0 Å². The Balaban J connectivity index is 1.55. The molecule has 2 aliphatic rings. The first-order valence-electron chi connectivity index (χ1n) is 11.3. The average molecular weight is 433 g/mol. The molecule has 7 heteroatoms. The zero-order valence-electron chi connectivity index (χ0n) is 18.5. The van der Waals surface area contributed by atoms with Crippen LogP contribution in [0.5, 0.6) is 0 Å². The predicted molar refractivity (Wildman–Crippen MR) is 121 cm³/mol. The summed E-state index contributed by atoms with van der Waals surface area (Å²) in [4.78, 5) is 29.0. The van der Waals surface area contributed by atoms with Gasteiger partial charge < -0.3 is 9.73 Å². The number of hydrogen-bond donors (Lipinski definition) is 1. The van der Waals surface area contributed by atoms with Crippen LogP contribution in [-0.2, 0) is 11.3 Å². The van der Waals surface area contributed by atoms with Crippen molar-refractivity contribution in [1.82, 2.24) is 15.1 Å². The molecule has 3 heterocycles. The van der Waals surface area contributed by atoms with Crippen LogP contribution >= 0.6 is 0 Å². The molecule has 2 amide bonds. The zero-order chi connectivity index (χ0) is 22.3. The fourth-order valence-corrected chi connectivity index (χ4v) is 4.81. The highest BCUT2D eigenvalue weighted by molar-refractivity contribution is 6.12. The van der Waals surface area contributed by atoms with Crippen molar-refractivity contribution in [1.29, 1.82) is 0 Å². The standard InChI is InChI=1S/C25H28N4O3/c1-17-10-12-19(13-11-17)29-23(30)21-15-20(22-9-6-14-32-22)27-28(21)16-25(29,2)24(31)26-18-7-4-3-5-8-18/h6,9-15,18H,3-5,7-8,16H2,1-2H3,(H,26,31)/t25-/m1/s1. The topological polar surface area (TPSA) is 80.4 Å². The molecule has 3 aromatic rings. The van der Waals surface area contributed by atoms with Crippen LogP contribution in [0.25, 0.3) is 11.5 Å². The van der Waals surface area contributed by atoms with Crippen LogP contribution in [0.15, 0.2) is 53.1 Å². The Morgan fingerprint density at radius 1 is 1.16 bits per heavy atom. The van der Waals surface area contributed by atoms with Crippen molar-refractivity contribution in [2.75, 3.05) is 4.90 Å². The van der Waals surface area contributed by atoms with Crippen LogP contribution < -0.4 is 10.2 Å². The van der Waals surface area contributed by atoms with E-state index in [0.29, 0.717) is 22.8 Å². The Morgan fingerprint density at radius 3 is 2.59 bits per heavy atom. The van der Waals surface area contributed by atoms with Crippen molar-refractivity contribution in [3.63, 3.8) is 0 Å². The minimum Gasteiger partial charge on any atom is -0.463 e. The molecule has 32 heavy (non-hydrogen) atoms. The number of fused-ring (bicyclic) bond motifs is 1. The minimum absolute atomic E-state index is 0.140. The minimum atomic E-state index is -1.11. The monoisotopic (exact) mass is 432 g/mol. The molecule has 0 spiro atoms. The van der Waals surface area contributed by atoms with Crippen LogP contribution in [0.3, 0.4) is 0 Å². The maximum Gasteiger partial charge on any atom is 0.277 e. The molecular formula is C25H28N4O3. The normalized spacial score (nSPS) is 21.4. The Morgan fingerprint density at radius 2 is 1.91 bits per heavy atom. The molecule has 0 unspecified atom stereocenters. The van der Waals surface area contributed by atoms with Gasteiger partial charge in [0.05, 0.1) is 12.8 Å². The lowest BCUT2D eigenvalue weighted by atomic mass is 9.91. The number of hydrogen-bond acceptors (Lipinski definition) is 4. The van der Waals surface area contributed by atoms with E-state index in [0.717, 1.165) is 31.2 Å². The number of rotatable bonds is 4. The van der Waals surface area contributed by atoms with Crippen LogP contribution in [0.2, 0.25) is 0 Å². The molecular weight excluding hydrogens is 404 g/mol. The van der Waals surface area contributed by atoms with Crippen molar-refractivity contribution in [3.05, 3.63) is 60.0 Å². The zero-order valence-corrected chi connectivity index (χ0v) is 18.5. The number of carbonyl (C=O) groups is 2. The summed E-state index contributed by atoms with van der Waals surface area (Å²) in [5.74, 6) is 0.209. The van der Waals surface area contributed by atoms with Crippen molar-refractivity contribution in [2.24, 2.45) is 0 Å². The second-order valence-electron chi connectivity index (χ2n) is 9.11. The van der Waals surface area contributed by atoms with Gasteiger partial charge in [0.25, 0.3) is 5.91 Å². The number of carbonyl (C=O) groups excluding carboxylic acids is 2. The van der Waals surface area contributed by atoms with Gasteiger partial charge in [-0.25, -0.2) is 0 Å². The molecule has 2 aromatic heterocycles. The van der Waals surface area contributed by atoms with Crippen molar-refractivity contribution < 1.29 is 14.0 Å². The summed E-state index contributed by atoms with van der Waals surface area (Å²) < 4.78 is 7.12. The van der Waals surface area contributed by atoms with Gasteiger partial charge in [-0.05, 0) is 51.0 Å². The molecule has 166 valence electrons. The fraction of sp³-hybridized carbons (Fsp3) is 0.400. The second-order valence-corrected chi connectivity index (χ2v) is 9.11. The van der Waals surface area contributed by atoms with Gasteiger partial charge in [0.15, 0.2) is 5.76 Å². The van der Waals surface area contributed by atoms with E-state index in [1.165, 1.54) is 6.42 Å². The van der Waals surface area contributed by atoms with Gasteiger partial charge in [-0.1, -0.05) is 37.0 Å². The number of furan rings is 1. The van der Waals surface area contributed by atoms with Crippen LogP contribution in [0.1, 0.15) is 55.1 Å². The molecule has 0 saturated heterocycles. The van der Waals surface area contributed by atoms with Gasteiger partial charge in [-0.2, -0.15) is 5.10 Å². The van der Waals surface area contributed by atoms with E-state index < -0.39 is 5.54 Å². The van der Waals surface area contributed by atoms with Gasteiger partial charge in [0.2, 0.25) is 5.91 Å². The molecule has 1 aromatic carbocycles. The summed E-state index contributed by atoms with van der Waals surface area (Å²) in [5.41, 5.74) is 1.72. The van der Waals surface area contributed by atoms with Crippen LogP contribution in [0, 0.1) is 6.92 Å². The number of benzene rings is 1. The molecule has 1 fully saturated rings. The third-order valence-electron chi connectivity index (χ3n) is 6.65. The van der Waals surface area contributed by atoms with Crippen molar-refractivity contribution >= 4 is 17.5 Å². The van der Waals surface area contributed by atoms with E-state index in [1.807, 2.05) is 44.2 Å². The summed E-state index contributed by atoms with van der Waals surface area (Å²) in [7, 11) is 0. The molecule has 1 aliphatic carbocycles. The largest absolute Gasteiger partial charge is 0.463 e. The van der Waals surface area contributed by atoms with Gasteiger partial charge in [0, 0.05) is 17.8 Å². The van der Waals surface area contributed by atoms with Crippen molar-refractivity contribution in [2.45, 2.75) is 64.1 Å². The lowest BCUT2D eigenvalue weighted by Crippen LogP contribution is -2.65. The summed E-state index contributed by atoms with van der Waals surface area (Å²) in [6, 6.07) is 13.2. The fourth-order valence-electron chi connectivity index (χ4n) is 4.81. The summed E-state index contributed by atoms with van der Waals surface area (Å²) >= 11 is 0. The lowest BCUT2D eigenvalue weighted by molar-refractivity contribution is -0.127. The maximum absolute atomic E-state index is 13.8. The Bertz CT molecular complexity index is 1130. The maximum atomic E-state index is 13.8. The van der Waals surface area contributed by atoms with Crippen LogP contribution in [0.4, 0.5) is 5.69 Å². The first kappa shape index (κ1) is 20.5. The SMILES string of the molecule is Cc1ccc(N2C(=O)c3cc(-c4ccco4)nn3C[C@]2(C)C(=O)NC2CCCCC2)cc1. The van der Waals surface area contributed by atoms with E-state index in [9.17, 15) is 9.59 Å². The number of nitrogens with zero attached hydrogens (tertiary/aromatic N) is 3. The number of aryl methyl sites for hydroxylation is 1. The lowest BCUT2D eigenvalue weighted by Gasteiger charge is -2.44. The molecule has 1 saturated carbocycles. The summed E-state index contributed by atoms with van der Waals surface area (Å²) in [6.07, 6.45) is 7.00. The number of aromatic nitrogens is 2. The van der Waals surface area contributed by atoms with E-state index >= 15 is 0 Å². The number of anilines is 1. The van der Waals surface area contributed by atoms with Gasteiger partial charge in [-0.3, -0.25) is 19.2 Å². The number of nitrogens with one attached hydrogen (secondary N) is 1. The van der Waals surface area contributed by atoms with Crippen LogP contribution in [-0.4, -0.2) is 33.2 Å². The predicted octanol–water partition coefficient (Wildman–Crippen LogP) is 4.32. The molecule has 1 N–H and O–H groups in total. The highest BCUT2D eigenvalue weighted by Crippen LogP contribution is 2.34. The molecule has 5 rings (SSSR count). The first-order chi connectivity index (χ1) is 15.5. The number of amides is 2. The van der Waals surface area contributed by atoms with E-state index in [-0.39, 0.29) is 24.4 Å². The second kappa shape index (κ2) is 7.97. The van der Waals surface area contributed by atoms with Crippen molar-refractivity contribution in [3.8, 4) is 11.5 Å². The molecule has 0 bridgehead atoms. The highest BCUT2D eigenvalue weighted by Gasteiger charge is 2.49. The van der Waals surface area contributed by atoms with Gasteiger partial charge in [-0.15, -0.1) is 0 Å². The summed E-state index contributed by atoms with van der Waals surface area (Å²) in [6.45, 7) is 4.10. The highest BCUT2D eigenvalue weighted by atomic mass is 16.3. The molecule has 1 atom stereocenters. The Kier molecular flexibility index (Phi) is 5.12. The van der Waals surface area contributed by atoms with Gasteiger partial charge in [0.1, 0.15) is 16.9 Å². The van der Waals surface area contributed by atoms with E-state index in [2.05, 4.69) is 10.4 Å². The summed E-state index contributed by atoms with van der Waals surface area (Å²) in [5, 5.41) is 7.84. The molecule has 0 radical (unpaired) electrons. The molecule has 7 nitrogen and oxygen atoms in total. The van der Waals surface area contributed by atoms with E-state index in [4.69, 9.17) is 4.42 Å². The first-order valence-corrected chi connectivity index (χ1v) is 11.3. The Labute approximate surface area is 187 Å². The van der Waals surface area contributed by atoms with Gasteiger partial charge >= 0.3 is 0 Å². The third-order valence-corrected chi connectivity index (χ3v) is 6.65. The Hall–Kier alpha value is -3.35. The quantitative estimate of drug-likeness (QED) is 0.666. The molecule has 1 aliphatic heterocycles. The average Bonchev–Trinajstić information content (AvgIpc) is 3.46. The smallest absolute Gasteiger partial charge is 0.277 e. The third kappa shape index (κ3) is 3.51.